The van der Waals surface area contributed by atoms with Crippen LogP contribution in [0.2, 0.25) is 0 Å². The summed E-state index contributed by atoms with van der Waals surface area (Å²) in [5, 5.41) is 6.47. The van der Waals surface area contributed by atoms with E-state index in [2.05, 4.69) is 41.0 Å². The Morgan fingerprint density at radius 3 is 2.33 bits per heavy atom. The van der Waals surface area contributed by atoms with Gasteiger partial charge < -0.3 is 24.6 Å². The Hall–Kier alpha value is -5.11. The summed E-state index contributed by atoms with van der Waals surface area (Å²) in [5.74, 6) is 0.0636. The van der Waals surface area contributed by atoms with Gasteiger partial charge in [-0.15, -0.1) is 0 Å². The highest BCUT2D eigenvalue weighted by molar-refractivity contribution is 6.01. The minimum Gasteiger partial charge on any atom is -0.371 e. The molecule has 290 valence electrons. The van der Waals surface area contributed by atoms with Gasteiger partial charge in [0, 0.05) is 88.7 Å². The first kappa shape index (κ1) is 36.8. The van der Waals surface area contributed by atoms with Crippen LogP contribution in [-0.2, 0) is 9.59 Å². The van der Waals surface area contributed by atoms with E-state index < -0.39 is 11.8 Å². The van der Waals surface area contributed by atoms with Crippen LogP contribution in [-0.4, -0.2) is 107 Å². The molecule has 13 nitrogen and oxygen atoms in total. The second-order valence-electron chi connectivity index (χ2n) is 15.8. The molecule has 2 N–H and O–H groups in total. The highest BCUT2D eigenvalue weighted by Gasteiger charge is 2.31. The molecule has 0 bridgehead atoms. The van der Waals surface area contributed by atoms with Crippen molar-refractivity contribution in [3.05, 3.63) is 65.9 Å². The van der Waals surface area contributed by atoms with Gasteiger partial charge in [0.2, 0.25) is 17.8 Å². The summed E-state index contributed by atoms with van der Waals surface area (Å²) in [5.41, 5.74) is 3.76. The van der Waals surface area contributed by atoms with E-state index >= 15 is 4.39 Å². The number of nitrogens with zero attached hydrogens (tertiary/aromatic N) is 8. The number of carbonyl (C=O) groups excluding carboxylic acids is 3. The summed E-state index contributed by atoms with van der Waals surface area (Å²) in [6, 6.07) is 11.4. The average Bonchev–Trinajstić information content (AvgIpc) is 3.86. The molecule has 3 saturated heterocycles. The van der Waals surface area contributed by atoms with Crippen molar-refractivity contribution in [2.45, 2.75) is 69.7 Å². The number of hydrogen-bond donors (Lipinski definition) is 2. The number of aromatic nitrogens is 4. The van der Waals surface area contributed by atoms with Crippen molar-refractivity contribution in [1.82, 2.24) is 34.6 Å². The van der Waals surface area contributed by atoms with Crippen molar-refractivity contribution < 1.29 is 18.8 Å². The zero-order valence-corrected chi connectivity index (χ0v) is 31.8. The molecular formula is C41H51FN10O3. The van der Waals surface area contributed by atoms with Gasteiger partial charge in [-0.3, -0.25) is 24.6 Å². The number of rotatable bonds is 10. The summed E-state index contributed by atoms with van der Waals surface area (Å²) in [7, 11) is 3.56. The van der Waals surface area contributed by atoms with Crippen molar-refractivity contribution in [1.29, 1.82) is 0 Å². The predicted molar refractivity (Wildman–Crippen MR) is 210 cm³/mol. The first-order valence-corrected chi connectivity index (χ1v) is 19.9. The number of nitrogens with one attached hydrogen (secondary N) is 2. The molecule has 14 heteroatoms. The molecule has 3 aliphatic heterocycles. The monoisotopic (exact) mass is 750 g/mol. The molecule has 0 radical (unpaired) electrons. The van der Waals surface area contributed by atoms with Crippen LogP contribution in [0.15, 0.2) is 48.8 Å². The van der Waals surface area contributed by atoms with E-state index in [4.69, 9.17) is 9.97 Å². The molecule has 4 fully saturated rings. The highest BCUT2D eigenvalue weighted by atomic mass is 19.1. The number of benzene rings is 1. The van der Waals surface area contributed by atoms with E-state index in [1.165, 1.54) is 0 Å². The third kappa shape index (κ3) is 8.00. The SMILES string of the molecule is CN(C)C(=O)c1cc2cnc(Nc3ccc(N4CCN(CCC5CCN(c6ccc(C7CCC(=O)NC7=O)c(F)c6)CC5)CC4)cn3)nc2n1C1CCCC1. The minimum atomic E-state index is -0.611. The Bertz CT molecular complexity index is 2030. The van der Waals surface area contributed by atoms with Gasteiger partial charge in [-0.25, -0.2) is 14.4 Å². The molecule has 6 heterocycles. The molecule has 0 spiro atoms. The molecule has 4 aliphatic rings. The minimum absolute atomic E-state index is 0.0244. The van der Waals surface area contributed by atoms with E-state index in [0.29, 0.717) is 35.4 Å². The van der Waals surface area contributed by atoms with Gasteiger partial charge in [0.1, 0.15) is 23.0 Å². The fraction of sp³-hybridized carbons (Fsp3) is 0.512. The smallest absolute Gasteiger partial charge is 0.270 e. The number of pyridine rings is 1. The van der Waals surface area contributed by atoms with Crippen LogP contribution < -0.4 is 20.4 Å². The molecule has 8 rings (SSSR count). The van der Waals surface area contributed by atoms with E-state index in [1.54, 1.807) is 37.3 Å². The molecule has 1 unspecified atom stereocenters. The zero-order valence-electron chi connectivity index (χ0n) is 31.8. The second-order valence-corrected chi connectivity index (χ2v) is 15.8. The third-order valence-corrected chi connectivity index (χ3v) is 12.0. The van der Waals surface area contributed by atoms with Crippen LogP contribution >= 0.6 is 0 Å². The number of imide groups is 1. The Morgan fingerprint density at radius 2 is 1.64 bits per heavy atom. The topological polar surface area (TPSA) is 132 Å². The number of carbonyl (C=O) groups is 3. The molecule has 1 aliphatic carbocycles. The quantitative estimate of drug-likeness (QED) is 0.201. The molecule has 1 atom stereocenters. The third-order valence-electron chi connectivity index (χ3n) is 12.0. The fourth-order valence-electron chi connectivity index (χ4n) is 8.82. The number of piperazine rings is 1. The first-order chi connectivity index (χ1) is 26.7. The second kappa shape index (κ2) is 15.9. The van der Waals surface area contributed by atoms with Crippen LogP contribution in [0, 0.1) is 11.7 Å². The molecular weight excluding hydrogens is 700 g/mol. The van der Waals surface area contributed by atoms with Gasteiger partial charge in [-0.1, -0.05) is 18.9 Å². The Balaban J connectivity index is 0.797. The number of fused-ring (bicyclic) bond motifs is 1. The molecule has 55 heavy (non-hydrogen) atoms. The van der Waals surface area contributed by atoms with Crippen LogP contribution in [0.1, 0.15) is 85.8 Å². The van der Waals surface area contributed by atoms with Crippen molar-refractivity contribution in [3.8, 4) is 0 Å². The maximum atomic E-state index is 15.1. The lowest BCUT2D eigenvalue weighted by molar-refractivity contribution is -0.134. The number of amides is 3. The van der Waals surface area contributed by atoms with Crippen molar-refractivity contribution in [2.75, 3.05) is 75.0 Å². The van der Waals surface area contributed by atoms with Gasteiger partial charge in [-0.2, -0.15) is 4.98 Å². The summed E-state index contributed by atoms with van der Waals surface area (Å²) in [4.78, 5) is 59.7. The molecule has 3 amide bonds. The fourth-order valence-corrected chi connectivity index (χ4v) is 8.82. The Morgan fingerprint density at radius 1 is 0.891 bits per heavy atom. The van der Waals surface area contributed by atoms with E-state index in [1.807, 2.05) is 24.4 Å². The van der Waals surface area contributed by atoms with Gasteiger partial charge in [0.05, 0.1) is 17.8 Å². The van der Waals surface area contributed by atoms with E-state index in [0.717, 1.165) is 113 Å². The maximum Gasteiger partial charge on any atom is 0.270 e. The van der Waals surface area contributed by atoms with Crippen LogP contribution in [0.25, 0.3) is 11.0 Å². The van der Waals surface area contributed by atoms with Crippen molar-refractivity contribution in [2.24, 2.45) is 5.92 Å². The van der Waals surface area contributed by atoms with Gasteiger partial charge in [-0.05, 0) is 81.3 Å². The highest BCUT2D eigenvalue weighted by Crippen LogP contribution is 2.35. The maximum absolute atomic E-state index is 15.1. The molecule has 1 saturated carbocycles. The van der Waals surface area contributed by atoms with Crippen LogP contribution in [0.3, 0.4) is 0 Å². The van der Waals surface area contributed by atoms with Crippen LogP contribution in [0.5, 0.6) is 0 Å². The molecule has 4 aromatic rings. The van der Waals surface area contributed by atoms with E-state index in [-0.39, 0.29) is 30.1 Å². The summed E-state index contributed by atoms with van der Waals surface area (Å²) in [6.45, 7) is 6.75. The Labute approximate surface area is 321 Å². The Kier molecular flexibility index (Phi) is 10.7. The molecule has 1 aromatic carbocycles. The first-order valence-electron chi connectivity index (χ1n) is 19.9. The summed E-state index contributed by atoms with van der Waals surface area (Å²) in [6.07, 6.45) is 12.0. The average molecular weight is 751 g/mol. The number of piperidine rings is 2. The van der Waals surface area contributed by atoms with E-state index in [9.17, 15) is 14.4 Å². The van der Waals surface area contributed by atoms with Gasteiger partial charge in [0.25, 0.3) is 5.91 Å². The van der Waals surface area contributed by atoms with Gasteiger partial charge >= 0.3 is 0 Å². The molecule has 3 aromatic heterocycles. The largest absolute Gasteiger partial charge is 0.371 e. The number of hydrogen-bond acceptors (Lipinski definition) is 10. The number of anilines is 4. The predicted octanol–water partition coefficient (Wildman–Crippen LogP) is 5.47. The van der Waals surface area contributed by atoms with Crippen molar-refractivity contribution in [3.63, 3.8) is 0 Å². The summed E-state index contributed by atoms with van der Waals surface area (Å²) < 4.78 is 17.2. The standard InChI is InChI=1S/C41H51FN10O3/c1-48(2)40(55)35-23-28-25-44-41(47-38(28)52(35)29-5-3-4-6-29)45-36-11-8-31(26-43-36)51-21-19-49(20-22-51)16-13-27-14-17-50(18-15-27)30-7-9-32(34(42)24-30)33-10-12-37(53)46-39(33)54/h7-9,11,23-27,29,33H,3-6,10,12-22H2,1-2H3,(H,46,53,54)(H,43,44,45,47). The zero-order chi connectivity index (χ0) is 38.1. The lowest BCUT2D eigenvalue weighted by Crippen LogP contribution is -2.47. The normalized spacial score (nSPS) is 20.3. The lowest BCUT2D eigenvalue weighted by Gasteiger charge is -2.38. The summed E-state index contributed by atoms with van der Waals surface area (Å²) >= 11 is 0. The van der Waals surface area contributed by atoms with Crippen molar-refractivity contribution >= 4 is 51.9 Å². The number of halogens is 1. The lowest BCUT2D eigenvalue weighted by atomic mass is 9.89. The van der Waals surface area contributed by atoms with Gasteiger partial charge in [0.15, 0.2) is 0 Å². The van der Waals surface area contributed by atoms with Crippen LogP contribution in [0.4, 0.5) is 27.5 Å².